The number of nitrogens with zero attached hydrogens (tertiary/aromatic N) is 4. The zero-order valence-corrected chi connectivity index (χ0v) is 12.6. The molecule has 1 aliphatic rings. The van der Waals surface area contributed by atoms with Gasteiger partial charge in [0.15, 0.2) is 5.82 Å². The molecule has 5 nitrogen and oxygen atoms in total. The highest BCUT2D eigenvalue weighted by Crippen LogP contribution is 2.28. The maximum atomic E-state index is 5.40. The van der Waals surface area contributed by atoms with E-state index in [1.54, 1.807) is 0 Å². The number of ether oxygens (including phenoxy) is 1. The molecule has 0 saturated carbocycles. The van der Waals surface area contributed by atoms with E-state index in [9.17, 15) is 0 Å². The summed E-state index contributed by atoms with van der Waals surface area (Å²) in [5.74, 6) is 1.69. The predicted molar refractivity (Wildman–Crippen MR) is 87.0 cm³/mol. The Bertz CT molecular complexity index is 800. The number of rotatable bonds is 2. The molecule has 1 saturated heterocycles. The van der Waals surface area contributed by atoms with E-state index in [4.69, 9.17) is 9.72 Å². The number of aromatic nitrogens is 3. The molecule has 0 N–H and O–H groups in total. The third-order valence-electron chi connectivity index (χ3n) is 4.08. The number of morpholine rings is 1. The van der Waals surface area contributed by atoms with Gasteiger partial charge in [-0.15, -0.1) is 5.10 Å². The van der Waals surface area contributed by atoms with Crippen LogP contribution in [0, 0.1) is 0 Å². The van der Waals surface area contributed by atoms with Gasteiger partial charge < -0.3 is 9.64 Å². The quantitative estimate of drug-likeness (QED) is 0.728. The van der Waals surface area contributed by atoms with Gasteiger partial charge >= 0.3 is 0 Å². The van der Waals surface area contributed by atoms with Gasteiger partial charge in [0.25, 0.3) is 0 Å². The van der Waals surface area contributed by atoms with Crippen molar-refractivity contribution in [3.63, 3.8) is 0 Å². The molecule has 2 aromatic carbocycles. The lowest BCUT2D eigenvalue weighted by Crippen LogP contribution is -2.37. The van der Waals surface area contributed by atoms with Crippen LogP contribution in [0.4, 0.5) is 5.95 Å². The number of fused-ring (bicyclic) bond motifs is 1. The number of anilines is 1. The zero-order chi connectivity index (χ0) is 14.9. The van der Waals surface area contributed by atoms with Gasteiger partial charge in [0.05, 0.1) is 13.2 Å². The Balaban J connectivity index is 1.80. The topological polar surface area (TPSA) is 43.2 Å². The van der Waals surface area contributed by atoms with E-state index in [1.807, 2.05) is 11.7 Å². The number of hydrogen-bond donors (Lipinski definition) is 0. The van der Waals surface area contributed by atoms with Gasteiger partial charge in [-0.25, -0.2) is 4.68 Å². The number of aryl methyl sites for hydroxylation is 1. The standard InChI is InChI=1S/C17H18N4O/c1-20-16(18-17(19-20)21-9-11-22-12-10-21)15-8-4-6-13-5-2-3-7-14(13)15/h2-8H,9-12H2,1H3. The zero-order valence-electron chi connectivity index (χ0n) is 12.6. The summed E-state index contributed by atoms with van der Waals surface area (Å²) in [6.07, 6.45) is 0. The molecule has 1 aromatic heterocycles. The fourth-order valence-electron chi connectivity index (χ4n) is 2.92. The number of hydrogen-bond acceptors (Lipinski definition) is 4. The molecule has 3 aromatic rings. The largest absolute Gasteiger partial charge is 0.378 e. The summed E-state index contributed by atoms with van der Waals surface area (Å²) in [5.41, 5.74) is 1.12. The van der Waals surface area contributed by atoms with E-state index in [2.05, 4.69) is 52.5 Å². The molecule has 4 rings (SSSR count). The lowest BCUT2D eigenvalue weighted by atomic mass is 10.0. The van der Waals surface area contributed by atoms with Crippen molar-refractivity contribution in [1.82, 2.24) is 14.8 Å². The van der Waals surface area contributed by atoms with Crippen molar-refractivity contribution in [2.24, 2.45) is 7.05 Å². The molecule has 0 aliphatic carbocycles. The maximum Gasteiger partial charge on any atom is 0.245 e. The van der Waals surface area contributed by atoms with Crippen LogP contribution in [0.1, 0.15) is 0 Å². The Kier molecular flexibility index (Phi) is 3.27. The van der Waals surface area contributed by atoms with E-state index in [0.29, 0.717) is 0 Å². The summed E-state index contributed by atoms with van der Waals surface area (Å²) >= 11 is 0. The second-order valence-corrected chi connectivity index (χ2v) is 5.49. The van der Waals surface area contributed by atoms with Crippen LogP contribution >= 0.6 is 0 Å². The maximum absolute atomic E-state index is 5.40. The van der Waals surface area contributed by atoms with Crippen molar-refractivity contribution < 1.29 is 4.74 Å². The minimum absolute atomic E-state index is 0.738. The molecular formula is C17H18N4O. The highest BCUT2D eigenvalue weighted by Gasteiger charge is 2.18. The first-order chi connectivity index (χ1) is 10.8. The molecule has 0 bridgehead atoms. The minimum Gasteiger partial charge on any atom is -0.378 e. The lowest BCUT2D eigenvalue weighted by molar-refractivity contribution is 0.122. The normalized spacial score (nSPS) is 15.4. The minimum atomic E-state index is 0.738. The van der Waals surface area contributed by atoms with E-state index >= 15 is 0 Å². The van der Waals surface area contributed by atoms with Gasteiger partial charge in [0.2, 0.25) is 5.95 Å². The Hall–Kier alpha value is -2.40. The van der Waals surface area contributed by atoms with Crippen molar-refractivity contribution in [3.8, 4) is 11.4 Å². The highest BCUT2D eigenvalue weighted by molar-refractivity contribution is 5.95. The molecule has 112 valence electrons. The van der Waals surface area contributed by atoms with Crippen molar-refractivity contribution in [3.05, 3.63) is 42.5 Å². The molecule has 0 radical (unpaired) electrons. The van der Waals surface area contributed by atoms with Gasteiger partial charge in [-0.3, -0.25) is 0 Å². The van der Waals surface area contributed by atoms with Crippen molar-refractivity contribution in [1.29, 1.82) is 0 Å². The van der Waals surface area contributed by atoms with Crippen LogP contribution in [-0.4, -0.2) is 41.1 Å². The first-order valence-corrected chi connectivity index (χ1v) is 7.55. The van der Waals surface area contributed by atoms with E-state index in [0.717, 1.165) is 43.6 Å². The smallest absolute Gasteiger partial charge is 0.245 e. The second kappa shape index (κ2) is 5.42. The van der Waals surface area contributed by atoms with Crippen molar-refractivity contribution >= 4 is 16.7 Å². The highest BCUT2D eigenvalue weighted by atomic mass is 16.5. The van der Waals surface area contributed by atoms with Crippen LogP contribution in [0.25, 0.3) is 22.2 Å². The monoisotopic (exact) mass is 294 g/mol. The molecule has 0 spiro atoms. The third kappa shape index (κ3) is 2.23. The summed E-state index contributed by atoms with van der Waals surface area (Å²) < 4.78 is 7.26. The summed E-state index contributed by atoms with van der Waals surface area (Å²) in [7, 11) is 1.95. The van der Waals surface area contributed by atoms with Gasteiger partial charge in [-0.05, 0) is 10.8 Å². The van der Waals surface area contributed by atoms with Crippen molar-refractivity contribution in [2.75, 3.05) is 31.2 Å². The molecular weight excluding hydrogens is 276 g/mol. The Morgan fingerprint density at radius 1 is 1.00 bits per heavy atom. The summed E-state index contributed by atoms with van der Waals surface area (Å²) in [5, 5.41) is 7.01. The molecule has 0 atom stereocenters. The van der Waals surface area contributed by atoms with E-state index < -0.39 is 0 Å². The molecule has 5 heteroatoms. The SMILES string of the molecule is Cn1nc(N2CCOCC2)nc1-c1cccc2ccccc12. The van der Waals surface area contributed by atoms with Crippen LogP contribution in [0.2, 0.25) is 0 Å². The van der Waals surface area contributed by atoms with Gasteiger partial charge in [0.1, 0.15) is 0 Å². The van der Waals surface area contributed by atoms with Crippen LogP contribution in [0.15, 0.2) is 42.5 Å². The fourth-order valence-corrected chi connectivity index (χ4v) is 2.92. The Morgan fingerprint density at radius 2 is 1.77 bits per heavy atom. The molecule has 0 unspecified atom stereocenters. The summed E-state index contributed by atoms with van der Waals surface area (Å²) in [6, 6.07) is 14.7. The molecule has 2 heterocycles. The second-order valence-electron chi connectivity index (χ2n) is 5.49. The van der Waals surface area contributed by atoms with E-state index in [-0.39, 0.29) is 0 Å². The lowest BCUT2D eigenvalue weighted by Gasteiger charge is -2.25. The molecule has 22 heavy (non-hydrogen) atoms. The molecule has 1 fully saturated rings. The van der Waals surface area contributed by atoms with Crippen LogP contribution in [-0.2, 0) is 11.8 Å². The first-order valence-electron chi connectivity index (χ1n) is 7.55. The van der Waals surface area contributed by atoms with Gasteiger partial charge in [-0.1, -0.05) is 42.5 Å². The summed E-state index contributed by atoms with van der Waals surface area (Å²) in [6.45, 7) is 3.17. The third-order valence-corrected chi connectivity index (χ3v) is 4.08. The molecule has 1 aliphatic heterocycles. The average molecular weight is 294 g/mol. The van der Waals surface area contributed by atoms with Crippen molar-refractivity contribution in [2.45, 2.75) is 0 Å². The van der Waals surface area contributed by atoms with Gasteiger partial charge in [-0.2, -0.15) is 4.98 Å². The Labute approximate surface area is 129 Å². The fraction of sp³-hybridized carbons (Fsp3) is 0.294. The van der Waals surface area contributed by atoms with Crippen LogP contribution in [0.5, 0.6) is 0 Å². The predicted octanol–water partition coefficient (Wildman–Crippen LogP) is 2.47. The Morgan fingerprint density at radius 3 is 2.64 bits per heavy atom. The first kappa shape index (κ1) is 13.3. The van der Waals surface area contributed by atoms with Crippen LogP contribution in [0.3, 0.4) is 0 Å². The number of benzene rings is 2. The molecule has 0 amide bonds. The van der Waals surface area contributed by atoms with E-state index in [1.165, 1.54) is 10.8 Å². The van der Waals surface area contributed by atoms with Crippen LogP contribution < -0.4 is 4.90 Å². The summed E-state index contributed by atoms with van der Waals surface area (Å²) in [4.78, 5) is 6.95. The average Bonchev–Trinajstić information content (AvgIpc) is 2.97. The van der Waals surface area contributed by atoms with Gasteiger partial charge in [0, 0.05) is 25.7 Å².